The quantitative estimate of drug-likeness (QED) is 0.806. The van der Waals surface area contributed by atoms with E-state index in [1.54, 1.807) is 12.1 Å². The van der Waals surface area contributed by atoms with Crippen molar-refractivity contribution in [2.75, 3.05) is 0 Å². The molecule has 1 unspecified atom stereocenters. The second-order valence-corrected chi connectivity index (χ2v) is 4.53. The van der Waals surface area contributed by atoms with Crippen LogP contribution in [0.5, 0.6) is 0 Å². The Balaban J connectivity index is 2.09. The van der Waals surface area contributed by atoms with E-state index >= 15 is 0 Å². The maximum Gasteiger partial charge on any atom is 0.123 e. The zero-order valence-corrected chi connectivity index (χ0v) is 9.04. The van der Waals surface area contributed by atoms with Crippen LogP contribution in [0.15, 0.2) is 24.3 Å². The van der Waals surface area contributed by atoms with Crippen LogP contribution < -0.4 is 0 Å². The van der Waals surface area contributed by atoms with E-state index in [1.165, 1.54) is 12.1 Å². The van der Waals surface area contributed by atoms with Crippen LogP contribution in [0.25, 0.3) is 0 Å². The van der Waals surface area contributed by atoms with Crippen molar-refractivity contribution < 1.29 is 9.50 Å². The highest BCUT2D eigenvalue weighted by Gasteiger charge is 2.42. The summed E-state index contributed by atoms with van der Waals surface area (Å²) in [6.07, 6.45) is 3.68. The maximum absolute atomic E-state index is 12.7. The van der Waals surface area contributed by atoms with Gasteiger partial charge in [-0.05, 0) is 42.9 Å². The monoisotopic (exact) mass is 208 g/mol. The third kappa shape index (κ3) is 2.37. The summed E-state index contributed by atoms with van der Waals surface area (Å²) in [7, 11) is 0. The first kappa shape index (κ1) is 10.6. The number of hydrogen-bond acceptors (Lipinski definition) is 1. The van der Waals surface area contributed by atoms with Crippen molar-refractivity contribution in [1.29, 1.82) is 0 Å². The molecule has 82 valence electrons. The minimum atomic E-state index is -0.572. The smallest absolute Gasteiger partial charge is 0.123 e. The van der Waals surface area contributed by atoms with E-state index < -0.39 is 5.60 Å². The number of benzene rings is 1. The molecule has 0 aliphatic heterocycles. The lowest BCUT2D eigenvalue weighted by Crippen LogP contribution is -2.33. The van der Waals surface area contributed by atoms with Crippen molar-refractivity contribution in [3.63, 3.8) is 0 Å². The fraction of sp³-hybridized carbons (Fsp3) is 0.538. The van der Waals surface area contributed by atoms with Gasteiger partial charge in [0, 0.05) is 6.42 Å². The molecule has 1 N–H and O–H groups in total. The van der Waals surface area contributed by atoms with Crippen molar-refractivity contribution in [1.82, 2.24) is 0 Å². The van der Waals surface area contributed by atoms with E-state index in [2.05, 4.69) is 0 Å². The van der Waals surface area contributed by atoms with E-state index in [4.69, 9.17) is 0 Å². The van der Waals surface area contributed by atoms with Crippen LogP contribution >= 0.6 is 0 Å². The van der Waals surface area contributed by atoms with Crippen molar-refractivity contribution >= 4 is 0 Å². The van der Waals surface area contributed by atoms with E-state index in [0.717, 1.165) is 24.8 Å². The molecule has 1 aliphatic carbocycles. The molecule has 1 atom stereocenters. The first-order valence-corrected chi connectivity index (χ1v) is 5.61. The Labute approximate surface area is 89.9 Å². The number of hydrogen-bond donors (Lipinski definition) is 1. The van der Waals surface area contributed by atoms with E-state index in [1.807, 2.05) is 6.92 Å². The Kier molecular flexibility index (Phi) is 2.79. The third-order valence-electron chi connectivity index (χ3n) is 3.37. The Morgan fingerprint density at radius 1 is 1.33 bits per heavy atom. The Hall–Kier alpha value is -0.890. The van der Waals surface area contributed by atoms with E-state index in [0.29, 0.717) is 12.3 Å². The molecule has 1 aliphatic rings. The van der Waals surface area contributed by atoms with Crippen LogP contribution in [0, 0.1) is 11.7 Å². The number of rotatable bonds is 4. The van der Waals surface area contributed by atoms with Crippen LogP contribution in [0.3, 0.4) is 0 Å². The molecular weight excluding hydrogens is 191 g/mol. The first-order valence-electron chi connectivity index (χ1n) is 5.61. The maximum atomic E-state index is 12.7. The van der Waals surface area contributed by atoms with Gasteiger partial charge in [-0.25, -0.2) is 4.39 Å². The third-order valence-corrected chi connectivity index (χ3v) is 3.37. The molecule has 2 rings (SSSR count). The second-order valence-electron chi connectivity index (χ2n) is 4.53. The predicted molar refractivity (Wildman–Crippen MR) is 58.1 cm³/mol. The summed E-state index contributed by atoms with van der Waals surface area (Å²) in [6, 6.07) is 6.44. The Morgan fingerprint density at radius 3 is 2.40 bits per heavy atom. The normalized spacial score (nSPS) is 19.9. The van der Waals surface area contributed by atoms with Crippen LogP contribution in [-0.4, -0.2) is 10.7 Å². The molecular formula is C13H17FO. The molecule has 15 heavy (non-hydrogen) atoms. The number of halogens is 1. The van der Waals surface area contributed by atoms with E-state index in [-0.39, 0.29) is 5.82 Å². The lowest BCUT2D eigenvalue weighted by Gasteiger charge is -2.26. The van der Waals surface area contributed by atoms with Crippen LogP contribution in [0.1, 0.15) is 31.7 Å². The summed E-state index contributed by atoms with van der Waals surface area (Å²) in [4.78, 5) is 0. The van der Waals surface area contributed by atoms with Gasteiger partial charge in [0.15, 0.2) is 0 Å². The molecule has 1 aromatic carbocycles. The predicted octanol–water partition coefficient (Wildman–Crippen LogP) is 2.92. The highest BCUT2D eigenvalue weighted by atomic mass is 19.1. The topological polar surface area (TPSA) is 20.2 Å². The van der Waals surface area contributed by atoms with E-state index in [9.17, 15) is 9.50 Å². The molecule has 0 bridgehead atoms. The fourth-order valence-corrected chi connectivity index (χ4v) is 2.13. The lowest BCUT2D eigenvalue weighted by atomic mass is 9.87. The van der Waals surface area contributed by atoms with Crippen LogP contribution in [0.2, 0.25) is 0 Å². The second kappa shape index (κ2) is 3.93. The van der Waals surface area contributed by atoms with Gasteiger partial charge in [0.1, 0.15) is 5.82 Å². The van der Waals surface area contributed by atoms with Gasteiger partial charge in [0.2, 0.25) is 0 Å². The van der Waals surface area contributed by atoms with Gasteiger partial charge in [-0.15, -0.1) is 0 Å². The fourth-order valence-electron chi connectivity index (χ4n) is 2.13. The van der Waals surface area contributed by atoms with Crippen molar-refractivity contribution in [3.05, 3.63) is 35.6 Å². The Morgan fingerprint density at radius 2 is 1.93 bits per heavy atom. The van der Waals surface area contributed by atoms with Crippen molar-refractivity contribution in [2.45, 2.75) is 38.2 Å². The summed E-state index contributed by atoms with van der Waals surface area (Å²) in [5.74, 6) is 0.234. The van der Waals surface area contributed by atoms with Crippen LogP contribution in [-0.2, 0) is 6.42 Å². The van der Waals surface area contributed by atoms with Gasteiger partial charge in [0.05, 0.1) is 5.60 Å². The molecule has 0 spiro atoms. The first-order chi connectivity index (χ1) is 7.14. The SMILES string of the molecule is CCC(O)(Cc1ccc(F)cc1)C1CC1. The van der Waals surface area contributed by atoms with Gasteiger partial charge in [-0.1, -0.05) is 19.1 Å². The molecule has 0 amide bonds. The van der Waals surface area contributed by atoms with Crippen LogP contribution in [0.4, 0.5) is 4.39 Å². The molecule has 0 aromatic heterocycles. The standard InChI is InChI=1S/C13H17FO/c1-2-13(15,11-5-6-11)9-10-3-7-12(14)8-4-10/h3-4,7-8,11,15H,2,5-6,9H2,1H3. The largest absolute Gasteiger partial charge is 0.389 e. The minimum Gasteiger partial charge on any atom is -0.389 e. The number of aliphatic hydroxyl groups is 1. The molecule has 0 heterocycles. The van der Waals surface area contributed by atoms with Crippen molar-refractivity contribution in [2.24, 2.45) is 5.92 Å². The molecule has 1 saturated carbocycles. The molecule has 0 radical (unpaired) electrons. The van der Waals surface area contributed by atoms with Gasteiger partial charge >= 0.3 is 0 Å². The zero-order chi connectivity index (χ0) is 10.9. The summed E-state index contributed by atoms with van der Waals surface area (Å²) in [5.41, 5.74) is 0.449. The average molecular weight is 208 g/mol. The summed E-state index contributed by atoms with van der Waals surface area (Å²) in [6.45, 7) is 2.02. The summed E-state index contributed by atoms with van der Waals surface area (Å²) in [5, 5.41) is 10.4. The lowest BCUT2D eigenvalue weighted by molar-refractivity contribution is 0.0139. The molecule has 2 heteroatoms. The van der Waals surface area contributed by atoms with Gasteiger partial charge in [-0.2, -0.15) is 0 Å². The van der Waals surface area contributed by atoms with Crippen molar-refractivity contribution in [3.8, 4) is 0 Å². The molecule has 1 fully saturated rings. The molecule has 0 saturated heterocycles. The van der Waals surface area contributed by atoms with Gasteiger partial charge in [0.25, 0.3) is 0 Å². The summed E-state index contributed by atoms with van der Waals surface area (Å²) < 4.78 is 12.7. The highest BCUT2D eigenvalue weighted by Crippen LogP contribution is 2.43. The molecule has 1 aromatic rings. The Bertz CT molecular complexity index is 329. The average Bonchev–Trinajstić information content (AvgIpc) is 3.05. The highest BCUT2D eigenvalue weighted by molar-refractivity contribution is 5.19. The van der Waals surface area contributed by atoms with Gasteiger partial charge < -0.3 is 5.11 Å². The summed E-state index contributed by atoms with van der Waals surface area (Å²) >= 11 is 0. The van der Waals surface area contributed by atoms with Gasteiger partial charge in [-0.3, -0.25) is 0 Å². The molecule has 1 nitrogen and oxygen atoms in total. The minimum absolute atomic E-state index is 0.217. The zero-order valence-electron chi connectivity index (χ0n) is 9.04.